The number of hydrogen-bond donors (Lipinski definition) is 2. The van der Waals surface area contributed by atoms with Crippen LogP contribution in [0.3, 0.4) is 0 Å². The molecule has 25 heavy (non-hydrogen) atoms. The van der Waals surface area contributed by atoms with Crippen LogP contribution in [0.2, 0.25) is 0 Å². The molecule has 1 saturated carbocycles. The predicted molar refractivity (Wildman–Crippen MR) is 93.2 cm³/mol. The van der Waals surface area contributed by atoms with Gasteiger partial charge in [0, 0.05) is 13.1 Å². The Hall–Kier alpha value is -1.93. The van der Waals surface area contributed by atoms with Gasteiger partial charge in [0.05, 0.1) is 5.75 Å². The summed E-state index contributed by atoms with van der Waals surface area (Å²) < 4.78 is 26.9. The molecule has 1 spiro atoms. The van der Waals surface area contributed by atoms with Crippen molar-refractivity contribution in [3.8, 4) is 0 Å². The Morgan fingerprint density at radius 1 is 1.16 bits per heavy atom. The van der Waals surface area contributed by atoms with E-state index in [1.165, 1.54) is 0 Å². The van der Waals surface area contributed by atoms with E-state index >= 15 is 0 Å². The van der Waals surface area contributed by atoms with Crippen molar-refractivity contribution in [2.75, 3.05) is 12.3 Å². The van der Waals surface area contributed by atoms with Gasteiger partial charge >= 0.3 is 6.03 Å². The van der Waals surface area contributed by atoms with Gasteiger partial charge in [-0.2, -0.15) is 0 Å². The molecule has 1 aromatic rings. The summed E-state index contributed by atoms with van der Waals surface area (Å²) in [5.41, 5.74) is 1.16. The van der Waals surface area contributed by atoms with Crippen LogP contribution in [0.25, 0.3) is 0 Å². The number of amides is 3. The van der Waals surface area contributed by atoms with Gasteiger partial charge in [-0.1, -0.05) is 42.7 Å². The van der Waals surface area contributed by atoms with E-state index in [2.05, 4.69) is 10.0 Å². The van der Waals surface area contributed by atoms with Crippen LogP contribution in [-0.4, -0.2) is 43.1 Å². The van der Waals surface area contributed by atoms with Gasteiger partial charge in [-0.05, 0) is 25.3 Å². The van der Waals surface area contributed by atoms with Crippen LogP contribution in [0.15, 0.2) is 24.3 Å². The highest BCUT2D eigenvalue weighted by Gasteiger charge is 2.52. The maximum Gasteiger partial charge on any atom is 0.325 e. The fourth-order valence-electron chi connectivity index (χ4n) is 3.38. The number of hydrogen-bond acceptors (Lipinski definition) is 4. The summed E-state index contributed by atoms with van der Waals surface area (Å²) in [5.74, 6) is -0.586. The predicted octanol–water partition coefficient (Wildman–Crippen LogP) is 1.28. The molecule has 1 saturated heterocycles. The van der Waals surface area contributed by atoms with Crippen molar-refractivity contribution in [1.29, 1.82) is 0 Å². The largest absolute Gasteiger partial charge is 0.325 e. The van der Waals surface area contributed by atoms with E-state index in [0.29, 0.717) is 12.8 Å². The normalized spacial score (nSPS) is 19.6. The first kappa shape index (κ1) is 17.9. The minimum Gasteiger partial charge on any atom is -0.323 e. The maximum absolute atomic E-state index is 12.5. The summed E-state index contributed by atoms with van der Waals surface area (Å²) >= 11 is 0. The fourth-order valence-corrected chi connectivity index (χ4v) is 4.33. The lowest BCUT2D eigenvalue weighted by molar-refractivity contribution is -0.130. The molecule has 3 amide bonds. The van der Waals surface area contributed by atoms with Crippen molar-refractivity contribution in [1.82, 2.24) is 14.9 Å². The van der Waals surface area contributed by atoms with E-state index < -0.39 is 21.6 Å². The van der Waals surface area contributed by atoms with Gasteiger partial charge in [0.25, 0.3) is 5.91 Å². The van der Waals surface area contributed by atoms with E-state index in [-0.39, 0.29) is 24.7 Å². The van der Waals surface area contributed by atoms with Crippen molar-refractivity contribution in [3.05, 3.63) is 35.4 Å². The second kappa shape index (κ2) is 6.76. The molecule has 136 valence electrons. The number of carbonyl (C=O) groups is 2. The molecule has 0 atom stereocenters. The van der Waals surface area contributed by atoms with E-state index in [1.807, 2.05) is 31.2 Å². The van der Waals surface area contributed by atoms with Gasteiger partial charge in [0.1, 0.15) is 5.54 Å². The molecule has 0 unspecified atom stereocenters. The van der Waals surface area contributed by atoms with Crippen molar-refractivity contribution >= 4 is 22.0 Å². The van der Waals surface area contributed by atoms with Crippen LogP contribution in [0.5, 0.6) is 0 Å². The topological polar surface area (TPSA) is 95.6 Å². The van der Waals surface area contributed by atoms with Gasteiger partial charge in [-0.15, -0.1) is 0 Å². The summed E-state index contributed by atoms with van der Waals surface area (Å²) in [7, 11) is -3.58. The van der Waals surface area contributed by atoms with E-state index in [4.69, 9.17) is 0 Å². The minimum atomic E-state index is -3.58. The Labute approximate surface area is 147 Å². The number of rotatable bonds is 6. The first-order valence-electron chi connectivity index (χ1n) is 8.48. The minimum absolute atomic E-state index is 0.129. The maximum atomic E-state index is 12.5. The molecule has 7 nitrogen and oxygen atoms in total. The van der Waals surface area contributed by atoms with Crippen LogP contribution in [0.1, 0.15) is 36.8 Å². The number of imide groups is 1. The van der Waals surface area contributed by atoms with Gasteiger partial charge in [-0.3, -0.25) is 9.69 Å². The number of aryl methyl sites for hydroxylation is 1. The molecule has 2 fully saturated rings. The van der Waals surface area contributed by atoms with Gasteiger partial charge in [0.15, 0.2) is 0 Å². The molecule has 1 aromatic carbocycles. The van der Waals surface area contributed by atoms with Gasteiger partial charge in [0.2, 0.25) is 10.0 Å². The zero-order valence-electron chi connectivity index (χ0n) is 14.2. The van der Waals surface area contributed by atoms with Crippen molar-refractivity contribution < 1.29 is 18.0 Å². The Kier molecular flexibility index (Phi) is 4.83. The first-order chi connectivity index (χ1) is 11.8. The van der Waals surface area contributed by atoms with Crippen molar-refractivity contribution in [2.45, 2.75) is 44.7 Å². The summed E-state index contributed by atoms with van der Waals surface area (Å²) in [6.45, 7) is 2.02. The molecule has 3 rings (SSSR count). The highest BCUT2D eigenvalue weighted by molar-refractivity contribution is 7.89. The number of benzene rings is 1. The summed E-state index contributed by atoms with van der Waals surface area (Å²) in [6.07, 6.45) is 3.06. The smallest absolute Gasteiger partial charge is 0.323 e. The van der Waals surface area contributed by atoms with Crippen LogP contribution in [0.4, 0.5) is 4.79 Å². The van der Waals surface area contributed by atoms with Crippen molar-refractivity contribution in [2.24, 2.45) is 0 Å². The highest BCUT2D eigenvalue weighted by atomic mass is 32.2. The van der Waals surface area contributed by atoms with Crippen LogP contribution >= 0.6 is 0 Å². The SMILES string of the molecule is Cc1ccc(CNS(=O)(=O)CCN2C(=O)NC3(CCCC3)C2=O)cc1. The zero-order valence-corrected chi connectivity index (χ0v) is 15.1. The average molecular weight is 365 g/mol. The third kappa shape index (κ3) is 3.85. The average Bonchev–Trinajstić information content (AvgIpc) is 3.12. The van der Waals surface area contributed by atoms with Crippen LogP contribution < -0.4 is 10.0 Å². The molecule has 2 aliphatic rings. The number of carbonyl (C=O) groups excluding carboxylic acids is 2. The second-order valence-corrected chi connectivity index (χ2v) is 8.73. The third-order valence-electron chi connectivity index (χ3n) is 4.90. The number of sulfonamides is 1. The molecule has 0 radical (unpaired) electrons. The Balaban J connectivity index is 1.56. The Morgan fingerprint density at radius 2 is 1.80 bits per heavy atom. The molecule has 0 aromatic heterocycles. The second-order valence-electron chi connectivity index (χ2n) is 6.80. The third-order valence-corrected chi connectivity index (χ3v) is 6.21. The molecule has 0 bridgehead atoms. The Morgan fingerprint density at radius 3 is 2.44 bits per heavy atom. The molecule has 1 heterocycles. The molecule has 1 aliphatic carbocycles. The quantitative estimate of drug-likeness (QED) is 0.742. The number of urea groups is 1. The van der Waals surface area contributed by atoms with Crippen molar-refractivity contribution in [3.63, 3.8) is 0 Å². The monoisotopic (exact) mass is 365 g/mol. The highest BCUT2D eigenvalue weighted by Crippen LogP contribution is 2.34. The van der Waals surface area contributed by atoms with Gasteiger partial charge in [-0.25, -0.2) is 17.9 Å². The van der Waals surface area contributed by atoms with Crippen LogP contribution in [-0.2, 0) is 21.4 Å². The molecule has 8 heteroatoms. The molecule has 1 aliphatic heterocycles. The van der Waals surface area contributed by atoms with Gasteiger partial charge < -0.3 is 5.32 Å². The van der Waals surface area contributed by atoms with E-state index in [1.54, 1.807) is 0 Å². The van der Waals surface area contributed by atoms with Crippen LogP contribution in [0, 0.1) is 6.92 Å². The standard InChI is InChI=1S/C17H23N3O4S/c1-13-4-6-14(7-5-13)12-18-25(23,24)11-10-20-15(21)17(19-16(20)22)8-2-3-9-17/h4-7,18H,2-3,8-12H2,1H3,(H,19,22). The fraction of sp³-hybridized carbons (Fsp3) is 0.529. The van der Waals surface area contributed by atoms with E-state index in [9.17, 15) is 18.0 Å². The summed E-state index contributed by atoms with van der Waals surface area (Å²) in [4.78, 5) is 25.6. The summed E-state index contributed by atoms with van der Waals surface area (Å²) in [5, 5.41) is 2.75. The number of nitrogens with zero attached hydrogens (tertiary/aromatic N) is 1. The lowest BCUT2D eigenvalue weighted by Crippen LogP contribution is -2.44. The number of nitrogens with one attached hydrogen (secondary N) is 2. The molecule has 2 N–H and O–H groups in total. The summed E-state index contributed by atoms with van der Waals surface area (Å²) in [6, 6.07) is 7.06. The first-order valence-corrected chi connectivity index (χ1v) is 10.1. The Bertz CT molecular complexity index is 768. The lowest BCUT2D eigenvalue weighted by Gasteiger charge is -2.20. The lowest BCUT2D eigenvalue weighted by atomic mass is 9.98. The molecular weight excluding hydrogens is 342 g/mol. The van der Waals surface area contributed by atoms with E-state index in [0.717, 1.165) is 28.9 Å². The molecular formula is C17H23N3O4S. The zero-order chi connectivity index (χ0) is 18.1.